The number of carbonyl (C=O) groups excluding carboxylic acids is 3. The second-order valence-electron chi connectivity index (χ2n) is 9.66. The summed E-state index contributed by atoms with van der Waals surface area (Å²) < 4.78 is 7.48. The predicted molar refractivity (Wildman–Crippen MR) is 157 cm³/mol. The minimum atomic E-state index is -0.548. The van der Waals surface area contributed by atoms with E-state index in [1.54, 1.807) is 43.6 Å². The van der Waals surface area contributed by atoms with E-state index in [1.165, 1.54) is 6.92 Å². The largest absolute Gasteiger partial charge is 0.427 e. The van der Waals surface area contributed by atoms with Crippen LogP contribution in [0.2, 0.25) is 0 Å². The topological polar surface area (TPSA) is 99.8 Å². The molecule has 41 heavy (non-hydrogen) atoms. The van der Waals surface area contributed by atoms with Gasteiger partial charge in [0, 0.05) is 76.3 Å². The average molecular weight is 548 g/mol. The van der Waals surface area contributed by atoms with Crippen LogP contribution in [-0.4, -0.2) is 33.0 Å². The van der Waals surface area contributed by atoms with E-state index in [0.717, 1.165) is 33.9 Å². The molecule has 5 aromatic rings. The van der Waals surface area contributed by atoms with Gasteiger partial charge in [0.15, 0.2) is 5.78 Å². The molecule has 0 amide bonds. The second kappa shape index (κ2) is 11.6. The van der Waals surface area contributed by atoms with Gasteiger partial charge in [-0.25, -0.2) is 4.79 Å². The van der Waals surface area contributed by atoms with Gasteiger partial charge in [-0.1, -0.05) is 18.1 Å². The lowest BCUT2D eigenvalue weighted by atomic mass is 9.98. The molecule has 0 unspecified atom stereocenters. The van der Waals surface area contributed by atoms with Gasteiger partial charge < -0.3 is 14.1 Å². The third-order valence-corrected chi connectivity index (χ3v) is 6.77. The summed E-state index contributed by atoms with van der Waals surface area (Å²) >= 11 is 0. The van der Waals surface area contributed by atoms with E-state index in [2.05, 4.69) is 21.6 Å². The Hall–Kier alpha value is -5.11. The van der Waals surface area contributed by atoms with E-state index in [-0.39, 0.29) is 18.2 Å². The molecule has 0 saturated carbocycles. The average Bonchev–Trinajstić information content (AvgIpc) is 3.29. The van der Waals surface area contributed by atoms with Crippen molar-refractivity contribution in [3.05, 3.63) is 107 Å². The van der Waals surface area contributed by atoms with Gasteiger partial charge in [-0.05, 0) is 80.1 Å². The quantitative estimate of drug-likeness (QED) is 0.0558. The number of aromatic nitrogens is 2. The van der Waals surface area contributed by atoms with Crippen molar-refractivity contribution in [3.8, 4) is 5.75 Å². The van der Waals surface area contributed by atoms with Crippen molar-refractivity contribution in [1.82, 2.24) is 9.55 Å². The Balaban J connectivity index is 1.63. The lowest BCUT2D eigenvalue weighted by Gasteiger charge is -2.09. The number of aryl methyl sites for hydroxylation is 2. The molecule has 2 aromatic heterocycles. The molecule has 206 valence electrons. The second-order valence-corrected chi connectivity index (χ2v) is 9.66. The Morgan fingerprint density at radius 3 is 2.05 bits per heavy atom. The fourth-order valence-electron chi connectivity index (χ4n) is 4.85. The number of hydrogen-bond donors (Lipinski definition) is 0. The minimum absolute atomic E-state index is 0.0994. The summed E-state index contributed by atoms with van der Waals surface area (Å²) in [6.07, 6.45) is 3.57. The maximum atomic E-state index is 13.3. The lowest BCUT2D eigenvalue weighted by Crippen LogP contribution is -2.08. The molecule has 0 aliphatic carbocycles. The van der Waals surface area contributed by atoms with Crippen molar-refractivity contribution in [1.29, 1.82) is 0 Å². The summed E-state index contributed by atoms with van der Waals surface area (Å²) in [5, 5.41) is 6.02. The Kier molecular flexibility index (Phi) is 7.74. The van der Waals surface area contributed by atoms with E-state index >= 15 is 0 Å². The Morgan fingerprint density at radius 1 is 0.805 bits per heavy atom. The number of fused-ring (bicyclic) bond motifs is 3. The molecule has 0 fully saturated rings. The highest BCUT2D eigenvalue weighted by Crippen LogP contribution is 2.32. The van der Waals surface area contributed by atoms with E-state index in [1.807, 2.05) is 49.4 Å². The van der Waals surface area contributed by atoms with Crippen molar-refractivity contribution in [2.75, 3.05) is 0 Å². The van der Waals surface area contributed by atoms with Crippen LogP contribution >= 0.6 is 0 Å². The number of esters is 1. The molecule has 0 bridgehead atoms. The van der Waals surface area contributed by atoms with Crippen molar-refractivity contribution < 1.29 is 24.0 Å². The summed E-state index contributed by atoms with van der Waals surface area (Å²) in [6.45, 7) is 7.73. The van der Waals surface area contributed by atoms with Gasteiger partial charge in [-0.2, -0.15) is 0 Å². The maximum absolute atomic E-state index is 13.3. The predicted octanol–water partition coefficient (Wildman–Crippen LogP) is 6.38. The first-order valence-electron chi connectivity index (χ1n) is 13.4. The van der Waals surface area contributed by atoms with E-state index in [4.69, 9.17) is 9.57 Å². The Morgan fingerprint density at radius 2 is 1.44 bits per heavy atom. The smallest absolute Gasteiger partial charge is 0.332 e. The molecular formula is C33H29N3O5. The van der Waals surface area contributed by atoms with Gasteiger partial charge in [-0.3, -0.25) is 14.6 Å². The summed E-state index contributed by atoms with van der Waals surface area (Å²) in [7, 11) is 0. The van der Waals surface area contributed by atoms with Crippen molar-refractivity contribution >= 4 is 45.2 Å². The fourth-order valence-corrected chi connectivity index (χ4v) is 4.85. The molecule has 2 heterocycles. The number of benzene rings is 3. The number of nitrogens with zero attached hydrogens (tertiary/aromatic N) is 3. The molecule has 0 saturated heterocycles. The van der Waals surface area contributed by atoms with Crippen LogP contribution in [0.1, 0.15) is 59.8 Å². The van der Waals surface area contributed by atoms with Gasteiger partial charge >= 0.3 is 11.9 Å². The standard InChI is InChI=1S/C33H29N3O5/c1-5-31(38)40-26-11-7-22(8-12-26)32(35-41-21(4)37)23-9-13-29-27(16-23)28-17-24(10-14-30(28)36(29)6-2)33(39)25-15-20(3)18-34-19-25/h7-19H,5-6H2,1-4H3/b35-32+. The van der Waals surface area contributed by atoms with E-state index < -0.39 is 5.97 Å². The third kappa shape index (κ3) is 5.63. The Bertz CT molecular complexity index is 1830. The molecule has 8 heteroatoms. The molecule has 0 radical (unpaired) electrons. The van der Waals surface area contributed by atoms with Crippen LogP contribution in [0.5, 0.6) is 5.75 Å². The molecular weight excluding hydrogens is 518 g/mol. The van der Waals surface area contributed by atoms with Gasteiger partial charge in [-0.15, -0.1) is 0 Å². The summed E-state index contributed by atoms with van der Waals surface area (Å²) in [6, 6.07) is 20.3. The number of oxime groups is 1. The number of hydrogen-bond acceptors (Lipinski definition) is 7. The number of rotatable bonds is 8. The van der Waals surface area contributed by atoms with Gasteiger partial charge in [0.05, 0.1) is 0 Å². The van der Waals surface area contributed by atoms with Gasteiger partial charge in [0.1, 0.15) is 11.5 Å². The van der Waals surface area contributed by atoms with Crippen LogP contribution in [0, 0.1) is 6.92 Å². The molecule has 0 atom stereocenters. The van der Waals surface area contributed by atoms with Crippen LogP contribution in [0.15, 0.2) is 84.3 Å². The first-order chi connectivity index (χ1) is 19.8. The normalized spacial score (nSPS) is 11.6. The highest BCUT2D eigenvalue weighted by atomic mass is 16.7. The summed E-state index contributed by atoms with van der Waals surface area (Å²) in [5.41, 5.74) is 5.84. The van der Waals surface area contributed by atoms with Gasteiger partial charge in [0.25, 0.3) is 0 Å². The van der Waals surface area contributed by atoms with Crippen LogP contribution in [0.4, 0.5) is 0 Å². The molecule has 0 N–H and O–H groups in total. The lowest BCUT2D eigenvalue weighted by molar-refractivity contribution is -0.141. The zero-order valence-corrected chi connectivity index (χ0v) is 23.3. The molecule has 3 aromatic carbocycles. The monoisotopic (exact) mass is 547 g/mol. The van der Waals surface area contributed by atoms with Crippen molar-refractivity contribution in [2.45, 2.75) is 40.7 Å². The highest BCUT2D eigenvalue weighted by Gasteiger charge is 2.17. The van der Waals surface area contributed by atoms with Crippen LogP contribution < -0.4 is 4.74 Å². The molecule has 0 aliphatic rings. The molecule has 0 aliphatic heterocycles. The first-order valence-corrected chi connectivity index (χ1v) is 13.4. The van der Waals surface area contributed by atoms with Crippen LogP contribution in [0.25, 0.3) is 21.8 Å². The zero-order valence-electron chi connectivity index (χ0n) is 23.3. The first kappa shape index (κ1) is 27.5. The molecule has 5 rings (SSSR count). The van der Waals surface area contributed by atoms with E-state index in [9.17, 15) is 14.4 Å². The summed E-state index contributed by atoms with van der Waals surface area (Å²) in [4.78, 5) is 45.9. The molecule has 8 nitrogen and oxygen atoms in total. The summed E-state index contributed by atoms with van der Waals surface area (Å²) in [5.74, 6) is -0.568. The Labute approximate surface area is 237 Å². The third-order valence-electron chi connectivity index (χ3n) is 6.77. The van der Waals surface area contributed by atoms with Crippen LogP contribution in [-0.2, 0) is 21.0 Å². The maximum Gasteiger partial charge on any atom is 0.332 e. The van der Waals surface area contributed by atoms with Crippen molar-refractivity contribution in [3.63, 3.8) is 0 Å². The number of ether oxygens (including phenoxy) is 1. The number of ketones is 1. The van der Waals surface area contributed by atoms with Gasteiger partial charge in [0.2, 0.25) is 0 Å². The highest BCUT2D eigenvalue weighted by molar-refractivity contribution is 6.18. The van der Waals surface area contributed by atoms with E-state index in [0.29, 0.717) is 33.7 Å². The number of pyridine rings is 1. The fraction of sp³-hybridized carbons (Fsp3) is 0.182. The minimum Gasteiger partial charge on any atom is -0.427 e. The molecule has 0 spiro atoms. The van der Waals surface area contributed by atoms with Crippen molar-refractivity contribution in [2.24, 2.45) is 5.16 Å². The number of carbonyl (C=O) groups is 3. The SMILES string of the molecule is CCC(=O)Oc1ccc(/C(=N\OC(C)=O)c2ccc3c(c2)c2cc(C(=O)c4cncc(C)c4)ccc2n3CC)cc1. The van der Waals surface area contributed by atoms with Crippen LogP contribution in [0.3, 0.4) is 0 Å². The zero-order chi connectivity index (χ0) is 29.1.